The molecule has 1 aliphatic rings. The van der Waals surface area contributed by atoms with Crippen molar-refractivity contribution >= 4 is 28.6 Å². The van der Waals surface area contributed by atoms with E-state index >= 15 is 0 Å². The summed E-state index contributed by atoms with van der Waals surface area (Å²) in [5, 5.41) is 2.79. The molecule has 2 aromatic heterocycles. The molecule has 0 unspecified atom stereocenters. The van der Waals surface area contributed by atoms with Gasteiger partial charge >= 0.3 is 0 Å². The Balaban J connectivity index is 1.51. The van der Waals surface area contributed by atoms with Crippen LogP contribution in [0.4, 0.5) is 11.6 Å². The highest BCUT2D eigenvalue weighted by molar-refractivity contribution is 6.03. The zero-order valence-electron chi connectivity index (χ0n) is 14.6. The number of anilines is 2. The van der Waals surface area contributed by atoms with Gasteiger partial charge in [-0.1, -0.05) is 19.1 Å². The quantitative estimate of drug-likeness (QED) is 0.783. The molecule has 26 heavy (non-hydrogen) atoms. The number of hydrogen-bond acceptors (Lipinski definition) is 6. The van der Waals surface area contributed by atoms with Gasteiger partial charge in [-0.05, 0) is 30.9 Å². The SMILES string of the molecule is CC1CCN(c2cc(NC(=O)c3cnc4ccccc4n3)ncn2)CC1. The summed E-state index contributed by atoms with van der Waals surface area (Å²) in [5.41, 5.74) is 1.70. The number of para-hydroxylation sites is 2. The van der Waals surface area contributed by atoms with Crippen molar-refractivity contribution in [1.29, 1.82) is 0 Å². The smallest absolute Gasteiger partial charge is 0.277 e. The summed E-state index contributed by atoms with van der Waals surface area (Å²) in [5.74, 6) is 1.72. The van der Waals surface area contributed by atoms with Crippen LogP contribution in [0.3, 0.4) is 0 Å². The van der Waals surface area contributed by atoms with Crippen molar-refractivity contribution in [3.05, 3.63) is 48.5 Å². The summed E-state index contributed by atoms with van der Waals surface area (Å²) in [6, 6.07) is 9.26. The van der Waals surface area contributed by atoms with Crippen LogP contribution in [0.15, 0.2) is 42.9 Å². The molecule has 1 amide bonds. The van der Waals surface area contributed by atoms with Crippen molar-refractivity contribution in [1.82, 2.24) is 19.9 Å². The topological polar surface area (TPSA) is 83.9 Å². The van der Waals surface area contributed by atoms with Gasteiger partial charge in [-0.2, -0.15) is 0 Å². The Kier molecular flexibility index (Phi) is 4.43. The second kappa shape index (κ2) is 7.03. The number of benzene rings is 1. The van der Waals surface area contributed by atoms with Gasteiger partial charge in [0.25, 0.3) is 5.91 Å². The Hall–Kier alpha value is -3.09. The Labute approximate surface area is 151 Å². The first kappa shape index (κ1) is 16.4. The number of rotatable bonds is 3. The molecule has 1 N–H and O–H groups in total. The zero-order valence-corrected chi connectivity index (χ0v) is 14.6. The van der Waals surface area contributed by atoms with Crippen molar-refractivity contribution in [2.24, 2.45) is 5.92 Å². The molecule has 0 aliphatic carbocycles. The molecule has 7 nitrogen and oxygen atoms in total. The Morgan fingerprint density at radius 3 is 2.69 bits per heavy atom. The minimum absolute atomic E-state index is 0.260. The van der Waals surface area contributed by atoms with Gasteiger partial charge in [0.05, 0.1) is 17.2 Å². The largest absolute Gasteiger partial charge is 0.356 e. The van der Waals surface area contributed by atoms with Gasteiger partial charge < -0.3 is 10.2 Å². The zero-order chi connectivity index (χ0) is 17.9. The summed E-state index contributed by atoms with van der Waals surface area (Å²) in [6.07, 6.45) is 5.26. The molecule has 1 saturated heterocycles. The van der Waals surface area contributed by atoms with E-state index in [9.17, 15) is 4.79 Å². The molecule has 1 aliphatic heterocycles. The lowest BCUT2D eigenvalue weighted by Crippen LogP contribution is -2.33. The number of carbonyl (C=O) groups is 1. The van der Waals surface area contributed by atoms with E-state index in [-0.39, 0.29) is 11.6 Å². The van der Waals surface area contributed by atoms with Crippen molar-refractivity contribution in [3.63, 3.8) is 0 Å². The minimum Gasteiger partial charge on any atom is -0.356 e. The average Bonchev–Trinajstić information content (AvgIpc) is 2.68. The van der Waals surface area contributed by atoms with Crippen molar-refractivity contribution in [2.45, 2.75) is 19.8 Å². The third-order valence-corrected chi connectivity index (χ3v) is 4.68. The van der Waals surface area contributed by atoms with Gasteiger partial charge in [0.15, 0.2) is 0 Å². The number of fused-ring (bicyclic) bond motifs is 1. The Morgan fingerprint density at radius 2 is 1.88 bits per heavy atom. The van der Waals surface area contributed by atoms with Crippen LogP contribution in [-0.4, -0.2) is 38.9 Å². The van der Waals surface area contributed by atoms with Crippen LogP contribution in [0.5, 0.6) is 0 Å². The molecule has 0 atom stereocenters. The van der Waals surface area contributed by atoms with Crippen molar-refractivity contribution in [2.75, 3.05) is 23.3 Å². The van der Waals surface area contributed by atoms with E-state index in [1.165, 1.54) is 12.5 Å². The fraction of sp³-hybridized carbons (Fsp3) is 0.316. The highest BCUT2D eigenvalue weighted by Crippen LogP contribution is 2.22. The summed E-state index contributed by atoms with van der Waals surface area (Å²) in [7, 11) is 0. The fourth-order valence-electron chi connectivity index (χ4n) is 3.07. The second-order valence-corrected chi connectivity index (χ2v) is 6.63. The van der Waals surface area contributed by atoms with E-state index < -0.39 is 0 Å². The Bertz CT molecular complexity index is 936. The molecular weight excluding hydrogens is 328 g/mol. The van der Waals surface area contributed by atoms with Gasteiger partial charge in [-0.3, -0.25) is 9.78 Å². The van der Waals surface area contributed by atoms with Crippen LogP contribution in [0.1, 0.15) is 30.3 Å². The van der Waals surface area contributed by atoms with E-state index in [4.69, 9.17) is 0 Å². The molecule has 3 aromatic rings. The van der Waals surface area contributed by atoms with E-state index in [1.807, 2.05) is 30.3 Å². The lowest BCUT2D eigenvalue weighted by Gasteiger charge is -2.31. The third kappa shape index (κ3) is 3.46. The van der Waals surface area contributed by atoms with E-state index in [2.05, 4.69) is 37.1 Å². The van der Waals surface area contributed by atoms with Crippen LogP contribution < -0.4 is 10.2 Å². The summed E-state index contributed by atoms with van der Waals surface area (Å²) in [4.78, 5) is 31.9. The minimum atomic E-state index is -0.333. The summed E-state index contributed by atoms with van der Waals surface area (Å²) < 4.78 is 0. The highest BCUT2D eigenvalue weighted by atomic mass is 16.1. The maximum atomic E-state index is 12.5. The number of nitrogens with zero attached hydrogens (tertiary/aromatic N) is 5. The molecular formula is C19H20N6O. The number of amides is 1. The lowest BCUT2D eigenvalue weighted by molar-refractivity contribution is 0.102. The highest BCUT2D eigenvalue weighted by Gasteiger charge is 2.18. The van der Waals surface area contributed by atoms with Gasteiger partial charge in [0.2, 0.25) is 0 Å². The number of piperidine rings is 1. The first-order valence-electron chi connectivity index (χ1n) is 8.79. The molecule has 0 radical (unpaired) electrons. The third-order valence-electron chi connectivity index (χ3n) is 4.68. The predicted molar refractivity (Wildman–Crippen MR) is 100 cm³/mol. The Morgan fingerprint density at radius 1 is 1.12 bits per heavy atom. The second-order valence-electron chi connectivity index (χ2n) is 6.63. The monoisotopic (exact) mass is 348 g/mol. The molecule has 0 saturated carbocycles. The maximum Gasteiger partial charge on any atom is 0.277 e. The number of hydrogen-bond donors (Lipinski definition) is 1. The van der Waals surface area contributed by atoms with Crippen LogP contribution in [0.2, 0.25) is 0 Å². The molecule has 7 heteroatoms. The van der Waals surface area contributed by atoms with Crippen LogP contribution in [0, 0.1) is 5.92 Å². The van der Waals surface area contributed by atoms with Gasteiger partial charge in [0, 0.05) is 19.2 Å². The average molecular weight is 348 g/mol. The number of nitrogens with one attached hydrogen (secondary N) is 1. The maximum absolute atomic E-state index is 12.5. The molecule has 0 spiro atoms. The van der Waals surface area contributed by atoms with Gasteiger partial charge in [0.1, 0.15) is 23.7 Å². The predicted octanol–water partition coefficient (Wildman–Crippen LogP) is 2.91. The normalized spacial score (nSPS) is 15.2. The number of aromatic nitrogens is 4. The van der Waals surface area contributed by atoms with Gasteiger partial charge in [-0.15, -0.1) is 0 Å². The van der Waals surface area contributed by atoms with Crippen LogP contribution in [-0.2, 0) is 0 Å². The fourth-order valence-corrected chi connectivity index (χ4v) is 3.07. The van der Waals surface area contributed by atoms with E-state index in [1.54, 1.807) is 0 Å². The molecule has 132 valence electrons. The van der Waals surface area contributed by atoms with Gasteiger partial charge in [-0.25, -0.2) is 15.0 Å². The van der Waals surface area contributed by atoms with Crippen LogP contribution >= 0.6 is 0 Å². The molecule has 0 bridgehead atoms. The van der Waals surface area contributed by atoms with Crippen molar-refractivity contribution in [3.8, 4) is 0 Å². The molecule has 1 aromatic carbocycles. The van der Waals surface area contributed by atoms with E-state index in [0.29, 0.717) is 11.3 Å². The molecule has 3 heterocycles. The van der Waals surface area contributed by atoms with E-state index in [0.717, 1.165) is 43.2 Å². The van der Waals surface area contributed by atoms with Crippen molar-refractivity contribution < 1.29 is 4.79 Å². The first-order valence-corrected chi connectivity index (χ1v) is 8.79. The lowest BCUT2D eigenvalue weighted by atomic mass is 9.99. The number of carbonyl (C=O) groups excluding carboxylic acids is 1. The summed E-state index contributed by atoms with van der Waals surface area (Å²) >= 11 is 0. The first-order chi connectivity index (χ1) is 12.7. The standard InChI is InChI=1S/C19H20N6O/c1-13-6-8-25(9-7-13)18-10-17(21-12-22-18)24-19(26)16-11-20-14-4-2-3-5-15(14)23-16/h2-5,10-13H,6-9H2,1H3,(H,21,22,24,26). The molecule has 4 rings (SSSR count). The summed E-state index contributed by atoms with van der Waals surface area (Å²) in [6.45, 7) is 4.22. The molecule has 1 fully saturated rings. The van der Waals surface area contributed by atoms with Crippen LogP contribution in [0.25, 0.3) is 11.0 Å².